The van der Waals surface area contributed by atoms with Crippen LogP contribution in [-0.4, -0.2) is 10.9 Å². The van der Waals surface area contributed by atoms with E-state index < -0.39 is 17.0 Å². The van der Waals surface area contributed by atoms with Gasteiger partial charge in [-0.2, -0.15) is 0 Å². The van der Waals surface area contributed by atoms with E-state index in [4.69, 9.17) is 0 Å². The van der Waals surface area contributed by atoms with Gasteiger partial charge in [0, 0.05) is 0 Å². The molecule has 0 aliphatic rings. The fraction of sp³-hybridized carbons (Fsp3) is 0.111. The van der Waals surface area contributed by atoms with E-state index in [1.807, 2.05) is 24.3 Å². The number of hydrogen-bond acceptors (Lipinski definition) is 3. The molecule has 2 aromatic carbocycles. The number of carbonyl (C=O) groups is 1. The third-order valence-corrected chi connectivity index (χ3v) is 3.19. The predicted molar refractivity (Wildman–Crippen MR) is 83.6 cm³/mol. The van der Waals surface area contributed by atoms with Crippen LogP contribution >= 0.6 is 0 Å². The number of ketones is 1. The van der Waals surface area contributed by atoms with E-state index in [1.54, 1.807) is 12.1 Å². The van der Waals surface area contributed by atoms with Gasteiger partial charge in [0.15, 0.2) is 11.5 Å². The molecule has 0 amide bonds. The van der Waals surface area contributed by atoms with Gasteiger partial charge in [0.05, 0.1) is 5.56 Å². The van der Waals surface area contributed by atoms with Crippen molar-refractivity contribution >= 4 is 11.9 Å². The molecule has 0 radical (unpaired) electrons. The number of rotatable bonds is 4. The van der Waals surface area contributed by atoms with Gasteiger partial charge in [0.25, 0.3) is 0 Å². The molecular formula is C18H16O3. The highest BCUT2D eigenvalue weighted by molar-refractivity contribution is 6.08. The van der Waals surface area contributed by atoms with Crippen LogP contribution in [0.4, 0.5) is 0 Å². The van der Waals surface area contributed by atoms with Crippen molar-refractivity contribution in [2.24, 2.45) is 0 Å². The number of allylic oxidation sites excluding steroid dienone is 1. The number of benzene rings is 1. The highest BCUT2D eigenvalue weighted by atomic mass is 16.3. The first-order valence-electron chi connectivity index (χ1n) is 6.75. The van der Waals surface area contributed by atoms with E-state index in [-0.39, 0.29) is 5.56 Å². The SMILES string of the molecule is CCc1ccc(/C=C\C(=O)c2ccccc(=O)c2O)cc1. The topological polar surface area (TPSA) is 54.4 Å². The Kier molecular flexibility index (Phi) is 4.67. The van der Waals surface area contributed by atoms with Gasteiger partial charge >= 0.3 is 0 Å². The minimum absolute atomic E-state index is 0.00595. The van der Waals surface area contributed by atoms with Gasteiger partial charge in [-0.25, -0.2) is 0 Å². The van der Waals surface area contributed by atoms with Gasteiger partial charge in [-0.15, -0.1) is 0 Å². The molecule has 3 heteroatoms. The van der Waals surface area contributed by atoms with E-state index in [2.05, 4.69) is 6.92 Å². The van der Waals surface area contributed by atoms with Gasteiger partial charge in [-0.1, -0.05) is 49.4 Å². The van der Waals surface area contributed by atoms with E-state index in [9.17, 15) is 14.7 Å². The van der Waals surface area contributed by atoms with Crippen LogP contribution in [0.25, 0.3) is 6.08 Å². The number of aryl methyl sites for hydroxylation is 1. The molecule has 0 fully saturated rings. The van der Waals surface area contributed by atoms with Crippen molar-refractivity contribution in [1.29, 1.82) is 0 Å². The Hall–Kier alpha value is -2.68. The second-order valence-electron chi connectivity index (χ2n) is 4.64. The van der Waals surface area contributed by atoms with Gasteiger partial charge in [-0.05, 0) is 35.8 Å². The maximum atomic E-state index is 12.1. The molecule has 0 atom stereocenters. The van der Waals surface area contributed by atoms with E-state index in [1.165, 1.54) is 29.8 Å². The fourth-order valence-corrected chi connectivity index (χ4v) is 1.91. The Bertz CT molecular complexity index is 728. The van der Waals surface area contributed by atoms with Crippen LogP contribution in [0.1, 0.15) is 28.4 Å². The van der Waals surface area contributed by atoms with Crippen molar-refractivity contribution in [3.63, 3.8) is 0 Å². The summed E-state index contributed by atoms with van der Waals surface area (Å²) >= 11 is 0. The Balaban J connectivity index is 2.25. The summed E-state index contributed by atoms with van der Waals surface area (Å²) in [7, 11) is 0. The van der Waals surface area contributed by atoms with Crippen molar-refractivity contribution in [2.75, 3.05) is 0 Å². The average molecular weight is 280 g/mol. The molecule has 0 aliphatic carbocycles. The van der Waals surface area contributed by atoms with Crippen LogP contribution in [0, 0.1) is 0 Å². The summed E-state index contributed by atoms with van der Waals surface area (Å²) in [6.45, 7) is 2.08. The smallest absolute Gasteiger partial charge is 0.220 e. The van der Waals surface area contributed by atoms with E-state index in [0.29, 0.717) is 0 Å². The minimum Gasteiger partial charge on any atom is -0.504 e. The van der Waals surface area contributed by atoms with Crippen LogP contribution in [0.2, 0.25) is 0 Å². The number of carbonyl (C=O) groups excluding carboxylic acids is 1. The molecule has 0 saturated heterocycles. The second kappa shape index (κ2) is 6.66. The summed E-state index contributed by atoms with van der Waals surface area (Å²) in [4.78, 5) is 23.5. The normalized spacial score (nSPS) is 10.7. The van der Waals surface area contributed by atoms with Crippen LogP contribution in [0.3, 0.4) is 0 Å². The summed E-state index contributed by atoms with van der Waals surface area (Å²) in [5.74, 6) is -0.920. The predicted octanol–water partition coefficient (Wildman–Crippen LogP) is 3.21. The summed E-state index contributed by atoms with van der Waals surface area (Å²) in [6.07, 6.45) is 3.98. The van der Waals surface area contributed by atoms with Crippen LogP contribution in [0.15, 0.2) is 59.4 Å². The van der Waals surface area contributed by atoms with Crippen LogP contribution < -0.4 is 5.43 Å². The summed E-state index contributed by atoms with van der Waals surface area (Å²) in [5, 5.41) is 9.73. The van der Waals surface area contributed by atoms with E-state index in [0.717, 1.165) is 12.0 Å². The van der Waals surface area contributed by atoms with Gasteiger partial charge in [-0.3, -0.25) is 9.59 Å². The first-order valence-corrected chi connectivity index (χ1v) is 6.75. The standard InChI is InChI=1S/C18H16O3/c1-2-13-7-9-14(10-8-13)11-12-16(19)15-5-3-4-6-17(20)18(15)21/h3-12H,2H2,1H3,(H,20,21)/b12-11-. The molecule has 2 rings (SSSR count). The van der Waals surface area contributed by atoms with Crippen molar-refractivity contribution in [3.05, 3.63) is 81.5 Å². The Morgan fingerprint density at radius 3 is 2.43 bits per heavy atom. The molecule has 0 spiro atoms. The molecule has 0 saturated carbocycles. The van der Waals surface area contributed by atoms with Crippen molar-refractivity contribution in [3.8, 4) is 5.75 Å². The van der Waals surface area contributed by atoms with Crippen molar-refractivity contribution in [2.45, 2.75) is 13.3 Å². The molecule has 2 aromatic rings. The van der Waals surface area contributed by atoms with Crippen LogP contribution in [-0.2, 0) is 6.42 Å². The first-order chi connectivity index (χ1) is 10.1. The van der Waals surface area contributed by atoms with Gasteiger partial charge < -0.3 is 5.11 Å². The molecule has 1 N–H and O–H groups in total. The highest BCUT2D eigenvalue weighted by Crippen LogP contribution is 2.13. The maximum absolute atomic E-state index is 12.1. The van der Waals surface area contributed by atoms with Crippen molar-refractivity contribution < 1.29 is 9.90 Å². The second-order valence-corrected chi connectivity index (χ2v) is 4.64. The van der Waals surface area contributed by atoms with Gasteiger partial charge in [0.2, 0.25) is 5.43 Å². The molecule has 0 bridgehead atoms. The number of hydrogen-bond donors (Lipinski definition) is 1. The minimum atomic E-state index is -0.566. The fourth-order valence-electron chi connectivity index (χ4n) is 1.91. The van der Waals surface area contributed by atoms with Gasteiger partial charge in [0.1, 0.15) is 0 Å². The Morgan fingerprint density at radius 2 is 1.76 bits per heavy atom. The van der Waals surface area contributed by atoms with E-state index >= 15 is 0 Å². The van der Waals surface area contributed by atoms with Crippen molar-refractivity contribution in [1.82, 2.24) is 0 Å². The zero-order valence-corrected chi connectivity index (χ0v) is 11.7. The zero-order chi connectivity index (χ0) is 15.2. The largest absolute Gasteiger partial charge is 0.504 e. The molecule has 3 nitrogen and oxygen atoms in total. The molecule has 0 aliphatic heterocycles. The first kappa shape index (κ1) is 14.7. The summed E-state index contributed by atoms with van der Waals surface area (Å²) in [6, 6.07) is 13.5. The molecule has 21 heavy (non-hydrogen) atoms. The lowest BCUT2D eigenvalue weighted by atomic mass is 10.1. The molecule has 106 valence electrons. The molecular weight excluding hydrogens is 264 g/mol. The quantitative estimate of drug-likeness (QED) is 0.691. The average Bonchev–Trinajstić information content (AvgIpc) is 2.68. The summed E-state index contributed by atoms with van der Waals surface area (Å²) in [5.41, 5.74) is 1.56. The highest BCUT2D eigenvalue weighted by Gasteiger charge is 2.09. The lowest BCUT2D eigenvalue weighted by Gasteiger charge is -1.98. The molecule has 0 unspecified atom stereocenters. The Labute approximate surface area is 123 Å². The Morgan fingerprint density at radius 1 is 1.10 bits per heavy atom. The lowest BCUT2D eigenvalue weighted by molar-refractivity contribution is 0.104. The third kappa shape index (κ3) is 3.66. The molecule has 0 heterocycles. The molecule has 0 aromatic heterocycles. The van der Waals surface area contributed by atoms with Crippen LogP contribution in [0.5, 0.6) is 5.75 Å². The lowest BCUT2D eigenvalue weighted by Crippen LogP contribution is -2.01. The zero-order valence-electron chi connectivity index (χ0n) is 11.7. The number of aromatic hydroxyl groups is 1. The third-order valence-electron chi connectivity index (χ3n) is 3.19. The maximum Gasteiger partial charge on any atom is 0.220 e. The summed E-state index contributed by atoms with van der Waals surface area (Å²) < 4.78 is 0. The monoisotopic (exact) mass is 280 g/mol.